The van der Waals surface area contributed by atoms with Crippen molar-refractivity contribution in [3.8, 4) is 11.7 Å². The van der Waals surface area contributed by atoms with E-state index in [2.05, 4.69) is 15.4 Å². The number of nitrogens with one attached hydrogen (secondary N) is 1. The zero-order valence-electron chi connectivity index (χ0n) is 12.4. The van der Waals surface area contributed by atoms with Crippen molar-refractivity contribution in [1.29, 1.82) is 0 Å². The third-order valence-corrected chi connectivity index (χ3v) is 3.01. The van der Waals surface area contributed by atoms with Crippen LogP contribution in [0.15, 0.2) is 24.5 Å². The van der Waals surface area contributed by atoms with E-state index in [1.165, 1.54) is 18.3 Å². The standard InChI is InChI=1S/C14H16N4O5/c1-23-6-2-5-15-12(19)9-3-4-11(16-7-9)18-13(20)10(8-17-18)14(21)22/h3-4,7-8,20H,2,5-6H2,1H3,(H,15,19)(H,21,22). The van der Waals surface area contributed by atoms with E-state index < -0.39 is 11.8 Å². The van der Waals surface area contributed by atoms with Gasteiger partial charge in [-0.05, 0) is 18.6 Å². The highest BCUT2D eigenvalue weighted by Gasteiger charge is 2.17. The van der Waals surface area contributed by atoms with Gasteiger partial charge in [0.2, 0.25) is 5.88 Å². The maximum absolute atomic E-state index is 11.9. The maximum Gasteiger partial charge on any atom is 0.342 e. The number of aromatic hydroxyl groups is 1. The molecule has 0 unspecified atom stereocenters. The van der Waals surface area contributed by atoms with Crippen LogP contribution < -0.4 is 5.32 Å². The maximum atomic E-state index is 11.9. The number of carbonyl (C=O) groups is 2. The van der Waals surface area contributed by atoms with Crippen molar-refractivity contribution in [2.45, 2.75) is 6.42 Å². The van der Waals surface area contributed by atoms with Crippen molar-refractivity contribution in [3.63, 3.8) is 0 Å². The van der Waals surface area contributed by atoms with Gasteiger partial charge >= 0.3 is 5.97 Å². The number of aromatic carboxylic acids is 1. The molecule has 0 radical (unpaired) electrons. The van der Waals surface area contributed by atoms with Gasteiger partial charge in [0.05, 0.1) is 11.8 Å². The molecule has 23 heavy (non-hydrogen) atoms. The molecule has 0 aliphatic heterocycles. The van der Waals surface area contributed by atoms with Crippen molar-refractivity contribution in [3.05, 3.63) is 35.7 Å². The molecule has 9 nitrogen and oxygen atoms in total. The minimum absolute atomic E-state index is 0.200. The molecule has 9 heteroatoms. The minimum atomic E-state index is -1.29. The predicted molar refractivity (Wildman–Crippen MR) is 78.8 cm³/mol. The van der Waals surface area contributed by atoms with Gasteiger partial charge in [-0.1, -0.05) is 0 Å². The Kier molecular flexibility index (Phi) is 5.26. The summed E-state index contributed by atoms with van der Waals surface area (Å²) in [5.74, 6) is -1.90. The Morgan fingerprint density at radius 3 is 2.70 bits per heavy atom. The molecular formula is C14H16N4O5. The first-order valence-corrected chi connectivity index (χ1v) is 6.78. The largest absolute Gasteiger partial charge is 0.493 e. The average molecular weight is 320 g/mol. The summed E-state index contributed by atoms with van der Waals surface area (Å²) in [4.78, 5) is 26.7. The van der Waals surface area contributed by atoms with E-state index in [9.17, 15) is 14.7 Å². The Bertz CT molecular complexity index is 696. The van der Waals surface area contributed by atoms with E-state index in [1.807, 2.05) is 0 Å². The molecule has 0 atom stereocenters. The number of nitrogens with zero attached hydrogens (tertiary/aromatic N) is 3. The molecule has 0 bridgehead atoms. The lowest BCUT2D eigenvalue weighted by Crippen LogP contribution is -2.25. The van der Waals surface area contributed by atoms with Gasteiger partial charge in [0.1, 0.15) is 5.56 Å². The van der Waals surface area contributed by atoms with E-state index in [1.54, 1.807) is 7.11 Å². The van der Waals surface area contributed by atoms with Crippen LogP contribution in [0.4, 0.5) is 0 Å². The monoisotopic (exact) mass is 320 g/mol. The van der Waals surface area contributed by atoms with Gasteiger partial charge in [0.25, 0.3) is 5.91 Å². The second-order valence-electron chi connectivity index (χ2n) is 4.61. The summed E-state index contributed by atoms with van der Waals surface area (Å²) in [6, 6.07) is 2.97. The number of carboxylic acid groups (broad SMARTS) is 1. The van der Waals surface area contributed by atoms with Crippen molar-refractivity contribution in [2.24, 2.45) is 0 Å². The fourth-order valence-electron chi connectivity index (χ4n) is 1.83. The number of hydrogen-bond acceptors (Lipinski definition) is 6. The number of amides is 1. The molecule has 0 saturated carbocycles. The summed E-state index contributed by atoms with van der Waals surface area (Å²) >= 11 is 0. The Labute approximate surface area is 131 Å². The molecule has 0 fully saturated rings. The van der Waals surface area contributed by atoms with Crippen molar-refractivity contribution >= 4 is 11.9 Å². The predicted octanol–water partition coefficient (Wildman–Crippen LogP) is 0.437. The smallest absolute Gasteiger partial charge is 0.342 e. The molecule has 0 aromatic carbocycles. The highest BCUT2D eigenvalue weighted by Crippen LogP contribution is 2.19. The summed E-state index contributed by atoms with van der Waals surface area (Å²) in [5.41, 5.74) is 0.0167. The van der Waals surface area contributed by atoms with E-state index in [0.717, 1.165) is 10.9 Å². The fraction of sp³-hybridized carbons (Fsp3) is 0.286. The summed E-state index contributed by atoms with van der Waals surface area (Å²) < 4.78 is 5.86. The van der Waals surface area contributed by atoms with E-state index in [-0.39, 0.29) is 17.3 Å². The van der Waals surface area contributed by atoms with Crippen LogP contribution in [0.5, 0.6) is 5.88 Å². The highest BCUT2D eigenvalue weighted by molar-refractivity contribution is 5.94. The summed E-state index contributed by atoms with van der Waals surface area (Å²) in [6.07, 6.45) is 3.05. The molecule has 0 spiro atoms. The molecule has 0 aliphatic carbocycles. The minimum Gasteiger partial charge on any atom is -0.493 e. The molecule has 122 valence electrons. The lowest BCUT2D eigenvalue weighted by Gasteiger charge is -2.06. The molecule has 3 N–H and O–H groups in total. The summed E-state index contributed by atoms with van der Waals surface area (Å²) in [5, 5.41) is 25.1. The van der Waals surface area contributed by atoms with Gasteiger partial charge < -0.3 is 20.3 Å². The van der Waals surface area contributed by atoms with Crippen LogP contribution in [0.25, 0.3) is 5.82 Å². The van der Waals surface area contributed by atoms with Crippen LogP contribution in [0.1, 0.15) is 27.1 Å². The number of carboxylic acids is 1. The fourth-order valence-corrected chi connectivity index (χ4v) is 1.83. The number of methoxy groups -OCH3 is 1. The van der Waals surface area contributed by atoms with Crippen LogP contribution in [0, 0.1) is 0 Å². The van der Waals surface area contributed by atoms with Gasteiger partial charge in [-0.3, -0.25) is 4.79 Å². The third kappa shape index (κ3) is 3.83. The van der Waals surface area contributed by atoms with Crippen LogP contribution in [0.3, 0.4) is 0 Å². The van der Waals surface area contributed by atoms with Crippen LogP contribution in [0.2, 0.25) is 0 Å². The zero-order chi connectivity index (χ0) is 16.8. The topological polar surface area (TPSA) is 127 Å². The van der Waals surface area contributed by atoms with E-state index in [4.69, 9.17) is 9.84 Å². The quantitative estimate of drug-likeness (QED) is 0.632. The first kappa shape index (κ1) is 16.4. The first-order chi connectivity index (χ1) is 11.0. The normalized spacial score (nSPS) is 10.5. The van der Waals surface area contributed by atoms with Gasteiger partial charge in [-0.15, -0.1) is 0 Å². The second kappa shape index (κ2) is 7.36. The second-order valence-corrected chi connectivity index (χ2v) is 4.61. The molecule has 1 amide bonds. The van der Waals surface area contributed by atoms with Gasteiger partial charge in [0, 0.05) is 26.5 Å². The Balaban J connectivity index is 2.07. The SMILES string of the molecule is COCCCNC(=O)c1ccc(-n2ncc(C(=O)O)c2O)nc1. The van der Waals surface area contributed by atoms with Crippen LogP contribution >= 0.6 is 0 Å². The zero-order valence-corrected chi connectivity index (χ0v) is 12.4. The number of rotatable bonds is 7. The molecule has 2 rings (SSSR count). The molecule has 2 heterocycles. The number of ether oxygens (including phenoxy) is 1. The summed E-state index contributed by atoms with van der Waals surface area (Å²) in [6.45, 7) is 1.04. The number of hydrogen-bond donors (Lipinski definition) is 3. The van der Waals surface area contributed by atoms with Gasteiger partial charge in [-0.25, -0.2) is 9.78 Å². The van der Waals surface area contributed by atoms with Crippen molar-refractivity contribution in [1.82, 2.24) is 20.1 Å². The average Bonchev–Trinajstić information content (AvgIpc) is 2.93. The van der Waals surface area contributed by atoms with E-state index in [0.29, 0.717) is 25.1 Å². The van der Waals surface area contributed by atoms with Crippen LogP contribution in [-0.2, 0) is 4.74 Å². The number of aromatic nitrogens is 3. The van der Waals surface area contributed by atoms with Gasteiger partial charge in [-0.2, -0.15) is 9.78 Å². The Morgan fingerprint density at radius 2 is 2.13 bits per heavy atom. The molecule has 0 saturated heterocycles. The Morgan fingerprint density at radius 1 is 1.35 bits per heavy atom. The number of carbonyl (C=O) groups excluding carboxylic acids is 1. The summed E-state index contributed by atoms with van der Waals surface area (Å²) in [7, 11) is 1.59. The first-order valence-electron chi connectivity index (χ1n) is 6.78. The third-order valence-electron chi connectivity index (χ3n) is 3.01. The lowest BCUT2D eigenvalue weighted by molar-refractivity contribution is 0.0693. The van der Waals surface area contributed by atoms with E-state index >= 15 is 0 Å². The van der Waals surface area contributed by atoms with Gasteiger partial charge in [0.15, 0.2) is 5.82 Å². The van der Waals surface area contributed by atoms with Crippen molar-refractivity contribution < 1.29 is 24.5 Å². The molecule has 0 aliphatic rings. The number of pyridine rings is 1. The van der Waals surface area contributed by atoms with Crippen LogP contribution in [-0.4, -0.2) is 57.1 Å². The molecular weight excluding hydrogens is 304 g/mol. The highest BCUT2D eigenvalue weighted by atomic mass is 16.5. The molecule has 2 aromatic rings. The van der Waals surface area contributed by atoms with Crippen molar-refractivity contribution in [2.75, 3.05) is 20.3 Å². The molecule has 2 aromatic heterocycles. The lowest BCUT2D eigenvalue weighted by atomic mass is 10.2. The Hall–Kier alpha value is -2.94.